The average Bonchev–Trinajstić information content (AvgIpc) is 2.81. The third-order valence-corrected chi connectivity index (χ3v) is 3.51. The number of hydrogen-bond acceptors (Lipinski definition) is 2. The lowest BCUT2D eigenvalue weighted by molar-refractivity contribution is 0.141. The molecule has 0 amide bonds. The Labute approximate surface area is 104 Å². The van der Waals surface area contributed by atoms with Crippen molar-refractivity contribution in [3.8, 4) is 0 Å². The molecule has 0 aromatic rings. The van der Waals surface area contributed by atoms with Crippen molar-refractivity contribution in [3.63, 3.8) is 0 Å². The summed E-state index contributed by atoms with van der Waals surface area (Å²) in [6.45, 7) is 5.93. The zero-order valence-electron chi connectivity index (χ0n) is 10.9. The number of aliphatic imine (C=N–C) groups is 1. The Kier molecular flexibility index (Phi) is 6.05. The lowest BCUT2D eigenvalue weighted by Gasteiger charge is -2.26. The van der Waals surface area contributed by atoms with Crippen LogP contribution in [0.4, 0.5) is 0 Å². The van der Waals surface area contributed by atoms with E-state index in [1.165, 1.54) is 25.7 Å². The minimum Gasteiger partial charge on any atom is -0.385 e. The molecule has 1 saturated carbocycles. The third-order valence-electron chi connectivity index (χ3n) is 3.51. The van der Waals surface area contributed by atoms with Gasteiger partial charge >= 0.3 is 0 Å². The molecule has 1 aliphatic carbocycles. The Morgan fingerprint density at radius 2 is 2.24 bits per heavy atom. The topological polar surface area (TPSA) is 59.6 Å². The molecule has 0 unspecified atom stereocenters. The predicted molar refractivity (Wildman–Crippen MR) is 72.1 cm³/mol. The first kappa shape index (κ1) is 14.0. The molecule has 17 heavy (non-hydrogen) atoms. The summed E-state index contributed by atoms with van der Waals surface area (Å²) in [5.74, 6) is 0.522. The first-order chi connectivity index (χ1) is 8.22. The van der Waals surface area contributed by atoms with E-state index in [2.05, 4.69) is 16.9 Å². The highest BCUT2D eigenvalue weighted by Gasteiger charge is 2.33. The van der Waals surface area contributed by atoms with E-state index in [1.54, 1.807) is 13.2 Å². The van der Waals surface area contributed by atoms with Crippen molar-refractivity contribution in [2.24, 2.45) is 16.1 Å². The highest BCUT2D eigenvalue weighted by Crippen LogP contribution is 2.41. The fraction of sp³-hybridized carbons (Fsp3) is 0.769. The predicted octanol–water partition coefficient (Wildman–Crippen LogP) is 1.67. The van der Waals surface area contributed by atoms with Gasteiger partial charge in [-0.25, -0.2) is 0 Å². The van der Waals surface area contributed by atoms with Crippen LogP contribution < -0.4 is 11.1 Å². The number of nitrogens with two attached hydrogens (primary N) is 1. The van der Waals surface area contributed by atoms with E-state index in [-0.39, 0.29) is 0 Å². The van der Waals surface area contributed by atoms with Gasteiger partial charge in [0.15, 0.2) is 5.96 Å². The van der Waals surface area contributed by atoms with Crippen molar-refractivity contribution in [2.45, 2.75) is 32.1 Å². The molecular weight excluding hydrogens is 214 g/mol. The van der Waals surface area contributed by atoms with E-state index >= 15 is 0 Å². The van der Waals surface area contributed by atoms with E-state index in [9.17, 15) is 0 Å². The van der Waals surface area contributed by atoms with Crippen LogP contribution in [0, 0.1) is 5.41 Å². The van der Waals surface area contributed by atoms with Gasteiger partial charge in [0.25, 0.3) is 0 Å². The highest BCUT2D eigenvalue weighted by molar-refractivity contribution is 5.77. The van der Waals surface area contributed by atoms with E-state index in [1.807, 2.05) is 0 Å². The molecule has 1 fully saturated rings. The van der Waals surface area contributed by atoms with Crippen molar-refractivity contribution in [3.05, 3.63) is 12.7 Å². The van der Waals surface area contributed by atoms with Crippen LogP contribution >= 0.6 is 0 Å². The summed E-state index contributed by atoms with van der Waals surface area (Å²) in [5, 5.41) is 3.01. The van der Waals surface area contributed by atoms with Crippen LogP contribution in [-0.4, -0.2) is 32.8 Å². The monoisotopic (exact) mass is 239 g/mol. The van der Waals surface area contributed by atoms with Crippen LogP contribution in [0.5, 0.6) is 0 Å². The Morgan fingerprint density at radius 1 is 1.53 bits per heavy atom. The number of nitrogens with zero attached hydrogens (tertiary/aromatic N) is 1. The maximum absolute atomic E-state index is 5.79. The molecule has 0 bridgehead atoms. The number of hydrogen-bond donors (Lipinski definition) is 2. The molecule has 0 saturated heterocycles. The maximum atomic E-state index is 5.79. The van der Waals surface area contributed by atoms with Crippen LogP contribution in [0.2, 0.25) is 0 Å². The highest BCUT2D eigenvalue weighted by atomic mass is 16.5. The lowest BCUT2D eigenvalue weighted by atomic mass is 9.83. The summed E-state index contributed by atoms with van der Waals surface area (Å²) >= 11 is 0. The van der Waals surface area contributed by atoms with Crippen LogP contribution in [-0.2, 0) is 4.74 Å². The van der Waals surface area contributed by atoms with E-state index in [0.717, 1.165) is 19.6 Å². The largest absolute Gasteiger partial charge is 0.385 e. The number of ether oxygens (including phenoxy) is 1. The van der Waals surface area contributed by atoms with Crippen molar-refractivity contribution >= 4 is 5.96 Å². The van der Waals surface area contributed by atoms with E-state index in [0.29, 0.717) is 17.9 Å². The van der Waals surface area contributed by atoms with Gasteiger partial charge in [0.05, 0.1) is 0 Å². The van der Waals surface area contributed by atoms with Gasteiger partial charge in [-0.15, -0.1) is 6.58 Å². The van der Waals surface area contributed by atoms with Crippen LogP contribution in [0.15, 0.2) is 17.6 Å². The molecular formula is C13H25N3O. The standard InChI is InChI=1S/C13H25N3O/c1-3-9-15-12(14)16-11-13(8-10-17-2)6-4-5-7-13/h3H,1,4-11H2,2H3,(H3,14,15,16). The van der Waals surface area contributed by atoms with Gasteiger partial charge in [0.1, 0.15) is 0 Å². The van der Waals surface area contributed by atoms with Gasteiger partial charge in [0, 0.05) is 26.8 Å². The normalized spacial score (nSPS) is 19.2. The maximum Gasteiger partial charge on any atom is 0.188 e. The minimum atomic E-state index is 0.316. The van der Waals surface area contributed by atoms with Crippen LogP contribution in [0.1, 0.15) is 32.1 Å². The van der Waals surface area contributed by atoms with Gasteiger partial charge in [0.2, 0.25) is 0 Å². The average molecular weight is 239 g/mol. The Bertz CT molecular complexity index is 257. The number of guanidine groups is 1. The number of methoxy groups -OCH3 is 1. The zero-order chi connectivity index (χ0) is 12.6. The smallest absolute Gasteiger partial charge is 0.188 e. The quantitative estimate of drug-likeness (QED) is 0.404. The van der Waals surface area contributed by atoms with Gasteiger partial charge in [-0.1, -0.05) is 18.9 Å². The molecule has 0 aromatic carbocycles. The Hall–Kier alpha value is -1.03. The first-order valence-electron chi connectivity index (χ1n) is 6.36. The van der Waals surface area contributed by atoms with Gasteiger partial charge in [-0.2, -0.15) is 0 Å². The second-order valence-corrected chi connectivity index (χ2v) is 4.82. The Balaban J connectivity index is 2.45. The molecule has 3 N–H and O–H groups in total. The van der Waals surface area contributed by atoms with Crippen molar-refractivity contribution in [1.82, 2.24) is 5.32 Å². The number of rotatable bonds is 7. The van der Waals surface area contributed by atoms with Crippen molar-refractivity contribution in [1.29, 1.82) is 0 Å². The molecule has 98 valence electrons. The van der Waals surface area contributed by atoms with Gasteiger partial charge in [-0.05, 0) is 24.7 Å². The fourth-order valence-corrected chi connectivity index (χ4v) is 2.42. The molecule has 4 heteroatoms. The molecule has 0 aliphatic heterocycles. The minimum absolute atomic E-state index is 0.316. The van der Waals surface area contributed by atoms with E-state index in [4.69, 9.17) is 10.5 Å². The van der Waals surface area contributed by atoms with Crippen molar-refractivity contribution in [2.75, 3.05) is 26.8 Å². The molecule has 0 radical (unpaired) electrons. The molecule has 1 aliphatic rings. The second kappa shape index (κ2) is 7.33. The second-order valence-electron chi connectivity index (χ2n) is 4.82. The first-order valence-corrected chi connectivity index (χ1v) is 6.36. The SMILES string of the molecule is C=CCNC(N)=NCC1(CCOC)CCCC1. The zero-order valence-corrected chi connectivity index (χ0v) is 10.9. The molecule has 0 atom stereocenters. The molecule has 0 spiro atoms. The summed E-state index contributed by atoms with van der Waals surface area (Å²) in [7, 11) is 1.76. The molecule has 0 heterocycles. The van der Waals surface area contributed by atoms with Crippen LogP contribution in [0.3, 0.4) is 0 Å². The molecule has 1 rings (SSSR count). The summed E-state index contributed by atoms with van der Waals surface area (Å²) in [6, 6.07) is 0. The summed E-state index contributed by atoms with van der Waals surface area (Å²) in [6.07, 6.45) is 7.96. The van der Waals surface area contributed by atoms with E-state index < -0.39 is 0 Å². The van der Waals surface area contributed by atoms with Gasteiger partial charge in [-0.3, -0.25) is 4.99 Å². The molecule has 4 nitrogen and oxygen atoms in total. The summed E-state index contributed by atoms with van der Waals surface area (Å²) in [5.41, 5.74) is 6.10. The molecule has 0 aromatic heterocycles. The third kappa shape index (κ3) is 4.77. The number of nitrogens with one attached hydrogen (secondary N) is 1. The summed E-state index contributed by atoms with van der Waals surface area (Å²) < 4.78 is 5.19. The van der Waals surface area contributed by atoms with Crippen LogP contribution in [0.25, 0.3) is 0 Å². The van der Waals surface area contributed by atoms with Crippen molar-refractivity contribution < 1.29 is 4.74 Å². The Morgan fingerprint density at radius 3 is 2.82 bits per heavy atom. The lowest BCUT2D eigenvalue weighted by Crippen LogP contribution is -2.33. The summed E-state index contributed by atoms with van der Waals surface area (Å²) in [4.78, 5) is 4.45. The fourth-order valence-electron chi connectivity index (χ4n) is 2.42. The van der Waals surface area contributed by atoms with Gasteiger partial charge < -0.3 is 15.8 Å².